The predicted octanol–water partition coefficient (Wildman–Crippen LogP) is 2.66. The molecule has 2 aromatic heterocycles. The molecule has 24 heavy (non-hydrogen) atoms. The molecule has 3 N–H and O–H groups in total. The van der Waals surface area contributed by atoms with Gasteiger partial charge in [0.1, 0.15) is 23.8 Å². The second-order valence-corrected chi connectivity index (χ2v) is 6.26. The van der Waals surface area contributed by atoms with Crippen LogP contribution < -0.4 is 5.73 Å². The molecule has 0 amide bonds. The van der Waals surface area contributed by atoms with E-state index in [-0.39, 0.29) is 24.2 Å². The first-order valence-corrected chi connectivity index (χ1v) is 8.09. The minimum atomic E-state index is -0.902. The molecule has 1 aromatic carbocycles. The van der Waals surface area contributed by atoms with Crippen molar-refractivity contribution in [1.82, 2.24) is 19.9 Å². The van der Waals surface area contributed by atoms with Crippen LogP contribution in [0.1, 0.15) is 17.3 Å². The van der Waals surface area contributed by atoms with E-state index in [0.29, 0.717) is 17.1 Å². The summed E-state index contributed by atoms with van der Waals surface area (Å²) in [6, 6.07) is 7.82. The van der Waals surface area contributed by atoms with Crippen molar-refractivity contribution in [3.05, 3.63) is 57.3 Å². The number of aromatic amines is 1. The Morgan fingerprint density at radius 3 is 2.83 bits per heavy atom. The number of aromatic nitrogens is 4. The molecule has 9 heteroatoms. The number of nitrogens with one attached hydrogen (secondary N) is 1. The number of allylic oxidation sites excluding steroid dienone is 1. The van der Waals surface area contributed by atoms with Gasteiger partial charge in [-0.2, -0.15) is 14.4 Å². The van der Waals surface area contributed by atoms with Crippen molar-refractivity contribution < 1.29 is 13.9 Å². The molecule has 0 spiro atoms. The fraction of sp³-hybridized carbons (Fsp3) is 0.133. The van der Waals surface area contributed by atoms with Crippen LogP contribution in [0.15, 0.2) is 36.3 Å². The lowest BCUT2D eigenvalue weighted by Crippen LogP contribution is -2.09. The molecule has 0 radical (unpaired) electrons. The third-order valence-corrected chi connectivity index (χ3v) is 4.61. The highest BCUT2D eigenvalue weighted by Crippen LogP contribution is 2.36. The van der Waals surface area contributed by atoms with E-state index in [1.807, 2.05) is 24.3 Å². The Kier molecular flexibility index (Phi) is 3.71. The zero-order valence-electron chi connectivity index (χ0n) is 12.2. The van der Waals surface area contributed by atoms with Gasteiger partial charge in [0.05, 0.1) is 0 Å². The maximum atomic E-state index is 13.4. The number of nitrogens with two attached hydrogens (primary N) is 1. The van der Waals surface area contributed by atoms with Gasteiger partial charge in [-0.3, -0.25) is 0 Å². The lowest BCUT2D eigenvalue weighted by molar-refractivity contribution is 0.0766. The van der Waals surface area contributed by atoms with Gasteiger partial charge < -0.3 is 20.2 Å². The normalized spacial score (nSPS) is 15.0. The summed E-state index contributed by atoms with van der Waals surface area (Å²) in [7, 11) is 0. The Hall–Kier alpha value is -2.43. The number of anilines is 1. The van der Waals surface area contributed by atoms with Crippen LogP contribution >= 0.6 is 22.6 Å². The summed E-state index contributed by atoms with van der Waals surface area (Å²) in [6.45, 7) is 0.145. The van der Waals surface area contributed by atoms with E-state index in [2.05, 4.69) is 42.5 Å². The van der Waals surface area contributed by atoms with Crippen molar-refractivity contribution in [3.63, 3.8) is 0 Å². The SMILES string of the molecule is Nc1nc(F)nc2[nH]c(C(C3=COCO3)c3ccccc3I)nc12. The molecule has 4 rings (SSSR count). The summed E-state index contributed by atoms with van der Waals surface area (Å²) in [5.74, 6) is 0.763. The highest BCUT2D eigenvalue weighted by Gasteiger charge is 2.29. The summed E-state index contributed by atoms with van der Waals surface area (Å²) in [5, 5.41) is 0. The van der Waals surface area contributed by atoms with Gasteiger partial charge in [0.2, 0.25) is 6.79 Å². The van der Waals surface area contributed by atoms with Gasteiger partial charge in [-0.15, -0.1) is 0 Å². The van der Waals surface area contributed by atoms with Gasteiger partial charge in [-0.1, -0.05) is 18.2 Å². The lowest BCUT2D eigenvalue weighted by atomic mass is 9.96. The van der Waals surface area contributed by atoms with E-state index in [0.717, 1.165) is 9.13 Å². The molecule has 1 unspecified atom stereocenters. The number of nitrogen functional groups attached to an aromatic ring is 1. The van der Waals surface area contributed by atoms with E-state index < -0.39 is 6.08 Å². The van der Waals surface area contributed by atoms with Crippen LogP contribution in [0.5, 0.6) is 0 Å². The van der Waals surface area contributed by atoms with Crippen molar-refractivity contribution in [3.8, 4) is 0 Å². The topological polar surface area (TPSA) is 98.9 Å². The molecule has 7 nitrogen and oxygen atoms in total. The third-order valence-electron chi connectivity index (χ3n) is 3.63. The molecule has 0 bridgehead atoms. The lowest BCUT2D eigenvalue weighted by Gasteiger charge is -2.16. The van der Waals surface area contributed by atoms with Crippen LogP contribution in [-0.4, -0.2) is 26.7 Å². The molecule has 0 fully saturated rings. The average molecular weight is 439 g/mol. The van der Waals surface area contributed by atoms with Crippen LogP contribution in [0.3, 0.4) is 0 Å². The van der Waals surface area contributed by atoms with Crippen molar-refractivity contribution in [2.45, 2.75) is 5.92 Å². The molecular formula is C15H11FIN5O2. The number of H-pyrrole nitrogens is 1. The van der Waals surface area contributed by atoms with E-state index >= 15 is 0 Å². The molecule has 0 saturated heterocycles. The number of nitrogens with zero attached hydrogens (tertiary/aromatic N) is 3. The summed E-state index contributed by atoms with van der Waals surface area (Å²) in [4.78, 5) is 14.7. The number of hydrogen-bond acceptors (Lipinski definition) is 6. The van der Waals surface area contributed by atoms with Gasteiger partial charge in [0.25, 0.3) is 0 Å². The molecule has 1 aliphatic heterocycles. The second kappa shape index (κ2) is 5.89. The maximum Gasteiger partial charge on any atom is 0.312 e. The standard InChI is InChI=1S/C15H11FIN5O2/c16-15-20-12(18)11-14(22-15)21-13(19-11)10(9-5-23-6-24-9)7-3-1-2-4-8(7)17/h1-5,10H,6H2,(H3,18,19,20,21,22). The number of ether oxygens (including phenoxy) is 2. The highest BCUT2D eigenvalue weighted by molar-refractivity contribution is 14.1. The summed E-state index contributed by atoms with van der Waals surface area (Å²) >= 11 is 2.24. The first-order chi connectivity index (χ1) is 11.6. The number of benzene rings is 1. The number of hydrogen-bond donors (Lipinski definition) is 2. The van der Waals surface area contributed by atoms with Crippen molar-refractivity contribution >= 4 is 39.6 Å². The van der Waals surface area contributed by atoms with Gasteiger partial charge in [-0.25, -0.2) is 4.98 Å². The molecule has 0 saturated carbocycles. The second-order valence-electron chi connectivity index (χ2n) is 5.10. The number of imidazole rings is 1. The quantitative estimate of drug-likeness (QED) is 0.481. The largest absolute Gasteiger partial charge is 0.462 e. The Labute approximate surface area is 149 Å². The van der Waals surface area contributed by atoms with Crippen LogP contribution in [0.2, 0.25) is 0 Å². The molecular weight excluding hydrogens is 428 g/mol. The predicted molar refractivity (Wildman–Crippen MR) is 92.2 cm³/mol. The van der Waals surface area contributed by atoms with Crippen LogP contribution in [0, 0.1) is 9.65 Å². The van der Waals surface area contributed by atoms with E-state index in [9.17, 15) is 4.39 Å². The van der Waals surface area contributed by atoms with Crippen molar-refractivity contribution in [2.75, 3.05) is 12.5 Å². The van der Waals surface area contributed by atoms with Gasteiger partial charge in [0, 0.05) is 3.57 Å². The zero-order valence-corrected chi connectivity index (χ0v) is 14.3. The molecule has 1 aliphatic rings. The van der Waals surface area contributed by atoms with Crippen molar-refractivity contribution in [1.29, 1.82) is 0 Å². The van der Waals surface area contributed by atoms with Crippen LogP contribution in [-0.2, 0) is 9.47 Å². The highest BCUT2D eigenvalue weighted by atomic mass is 127. The molecule has 122 valence electrons. The van der Waals surface area contributed by atoms with E-state index in [1.165, 1.54) is 0 Å². The molecule has 3 heterocycles. The monoisotopic (exact) mass is 439 g/mol. The zero-order chi connectivity index (χ0) is 16.7. The van der Waals surface area contributed by atoms with E-state index in [4.69, 9.17) is 15.2 Å². The van der Waals surface area contributed by atoms with Crippen LogP contribution in [0.4, 0.5) is 10.2 Å². The summed E-state index contributed by atoms with van der Waals surface area (Å²) in [5.41, 5.74) is 7.28. The fourth-order valence-corrected chi connectivity index (χ4v) is 3.29. The third kappa shape index (κ3) is 2.54. The van der Waals surface area contributed by atoms with Gasteiger partial charge >= 0.3 is 6.08 Å². The Morgan fingerprint density at radius 2 is 2.08 bits per heavy atom. The molecule has 0 aliphatic carbocycles. The Bertz CT molecular complexity index is 958. The van der Waals surface area contributed by atoms with Crippen molar-refractivity contribution in [2.24, 2.45) is 0 Å². The fourth-order valence-electron chi connectivity index (χ4n) is 2.60. The first kappa shape index (κ1) is 15.1. The minimum Gasteiger partial charge on any atom is -0.462 e. The molecule has 1 atom stereocenters. The summed E-state index contributed by atoms with van der Waals surface area (Å²) < 4.78 is 25.2. The number of fused-ring (bicyclic) bond motifs is 1. The number of rotatable bonds is 3. The Morgan fingerprint density at radius 1 is 1.25 bits per heavy atom. The van der Waals surface area contributed by atoms with Crippen LogP contribution in [0.25, 0.3) is 11.2 Å². The minimum absolute atomic E-state index is 0.0147. The maximum absolute atomic E-state index is 13.4. The smallest absolute Gasteiger partial charge is 0.312 e. The number of halogens is 2. The Balaban J connectivity index is 1.91. The van der Waals surface area contributed by atoms with E-state index in [1.54, 1.807) is 6.26 Å². The van der Waals surface area contributed by atoms with Gasteiger partial charge in [-0.05, 0) is 34.2 Å². The molecule has 3 aromatic rings. The van der Waals surface area contributed by atoms with Gasteiger partial charge in [0.15, 0.2) is 17.0 Å². The first-order valence-electron chi connectivity index (χ1n) is 7.01. The average Bonchev–Trinajstić information content (AvgIpc) is 3.19. The summed E-state index contributed by atoms with van der Waals surface area (Å²) in [6.07, 6.45) is 0.650.